The molecule has 36 heavy (non-hydrogen) atoms. The Labute approximate surface area is 211 Å². The Kier molecular flexibility index (Phi) is 6.73. The SMILES string of the molecule is O=C(NCCc1ccccc1)c1ccc2c(c1)N(Cc1ccccc1F)C(=O)c1ccccc1[S@@]2=O. The highest BCUT2D eigenvalue weighted by Crippen LogP contribution is 2.36. The van der Waals surface area contributed by atoms with Gasteiger partial charge in [0.25, 0.3) is 11.8 Å². The van der Waals surface area contributed by atoms with Crippen LogP contribution in [0.4, 0.5) is 10.1 Å². The largest absolute Gasteiger partial charge is 0.352 e. The van der Waals surface area contributed by atoms with Crippen LogP contribution >= 0.6 is 0 Å². The number of hydrogen-bond acceptors (Lipinski definition) is 3. The fourth-order valence-electron chi connectivity index (χ4n) is 4.23. The molecule has 5 rings (SSSR count). The highest BCUT2D eigenvalue weighted by atomic mass is 32.2. The highest BCUT2D eigenvalue weighted by molar-refractivity contribution is 7.85. The molecule has 5 nitrogen and oxygen atoms in total. The van der Waals surface area contributed by atoms with Gasteiger partial charge in [0.15, 0.2) is 0 Å². The lowest BCUT2D eigenvalue weighted by atomic mass is 10.1. The van der Waals surface area contributed by atoms with E-state index in [1.807, 2.05) is 30.3 Å². The molecule has 1 aliphatic rings. The van der Waals surface area contributed by atoms with Gasteiger partial charge in [-0.3, -0.25) is 9.59 Å². The van der Waals surface area contributed by atoms with E-state index in [9.17, 15) is 18.2 Å². The molecule has 0 radical (unpaired) electrons. The van der Waals surface area contributed by atoms with Gasteiger partial charge in [-0.2, -0.15) is 0 Å². The number of anilines is 1. The number of carbonyl (C=O) groups is 2. The second-order valence-electron chi connectivity index (χ2n) is 8.42. The molecule has 0 spiro atoms. The number of fused-ring (bicyclic) bond motifs is 2. The van der Waals surface area contributed by atoms with E-state index in [1.165, 1.54) is 11.0 Å². The van der Waals surface area contributed by atoms with Crippen molar-refractivity contribution in [1.29, 1.82) is 0 Å². The topological polar surface area (TPSA) is 66.5 Å². The number of nitrogens with one attached hydrogen (secondary N) is 1. The van der Waals surface area contributed by atoms with E-state index < -0.39 is 22.5 Å². The summed E-state index contributed by atoms with van der Waals surface area (Å²) in [4.78, 5) is 28.8. The van der Waals surface area contributed by atoms with Crippen molar-refractivity contribution in [1.82, 2.24) is 5.32 Å². The van der Waals surface area contributed by atoms with E-state index in [0.29, 0.717) is 39.6 Å². The zero-order valence-electron chi connectivity index (χ0n) is 19.3. The van der Waals surface area contributed by atoms with Crippen LogP contribution in [0.5, 0.6) is 0 Å². The average Bonchev–Trinajstić information content (AvgIpc) is 2.99. The summed E-state index contributed by atoms with van der Waals surface area (Å²) in [6.45, 7) is 0.373. The van der Waals surface area contributed by atoms with Gasteiger partial charge in [0.05, 0.1) is 38.4 Å². The van der Waals surface area contributed by atoms with E-state index in [0.717, 1.165) is 5.56 Å². The normalized spacial score (nSPS) is 14.5. The summed E-state index contributed by atoms with van der Waals surface area (Å²) in [5.41, 5.74) is 2.37. The molecule has 0 saturated carbocycles. The first-order valence-electron chi connectivity index (χ1n) is 11.5. The average molecular weight is 499 g/mol. The van der Waals surface area contributed by atoms with E-state index in [2.05, 4.69) is 5.32 Å². The van der Waals surface area contributed by atoms with Crippen molar-refractivity contribution in [2.24, 2.45) is 0 Å². The summed E-state index contributed by atoms with van der Waals surface area (Å²) in [5, 5.41) is 2.90. The van der Waals surface area contributed by atoms with Crippen molar-refractivity contribution >= 4 is 28.3 Å². The number of benzene rings is 4. The summed E-state index contributed by atoms with van der Waals surface area (Å²) in [5.74, 6) is -1.15. The molecule has 0 bridgehead atoms. The second kappa shape index (κ2) is 10.3. The van der Waals surface area contributed by atoms with Gasteiger partial charge < -0.3 is 10.2 Å². The zero-order chi connectivity index (χ0) is 25.1. The molecule has 1 N–H and O–H groups in total. The van der Waals surface area contributed by atoms with Crippen LogP contribution in [0.3, 0.4) is 0 Å². The fraction of sp³-hybridized carbons (Fsp3) is 0.103. The number of amides is 2. The van der Waals surface area contributed by atoms with Crippen LogP contribution in [0.25, 0.3) is 0 Å². The zero-order valence-corrected chi connectivity index (χ0v) is 20.1. The van der Waals surface area contributed by atoms with Crippen molar-refractivity contribution in [2.45, 2.75) is 22.8 Å². The van der Waals surface area contributed by atoms with Crippen LogP contribution in [0, 0.1) is 5.82 Å². The Balaban J connectivity index is 1.50. The number of rotatable bonds is 6. The van der Waals surface area contributed by atoms with E-state index in [-0.39, 0.29) is 18.0 Å². The van der Waals surface area contributed by atoms with Crippen molar-refractivity contribution in [3.63, 3.8) is 0 Å². The molecule has 1 aliphatic heterocycles. The van der Waals surface area contributed by atoms with Crippen LogP contribution in [-0.4, -0.2) is 22.6 Å². The van der Waals surface area contributed by atoms with Gasteiger partial charge in [0.1, 0.15) is 5.82 Å². The Bertz CT molecular complexity index is 1470. The molecule has 4 aromatic carbocycles. The van der Waals surface area contributed by atoms with Crippen molar-refractivity contribution in [3.05, 3.63) is 125 Å². The first kappa shape index (κ1) is 23.6. The Morgan fingerprint density at radius 1 is 0.861 bits per heavy atom. The smallest absolute Gasteiger partial charge is 0.259 e. The lowest BCUT2D eigenvalue weighted by Crippen LogP contribution is -2.31. The van der Waals surface area contributed by atoms with E-state index in [1.54, 1.807) is 60.7 Å². The minimum absolute atomic E-state index is 0.0663. The Hall–Kier alpha value is -4.10. The standard InChI is InChI=1S/C29H23FN2O3S/c30-24-12-6-4-10-22(24)19-32-25-18-21(28(33)31-17-16-20-8-2-1-3-9-20)14-15-27(25)36(35)26-13-7-5-11-23(26)29(32)34/h1-15,18H,16-17,19H2,(H,31,33)/t36-/m0/s1. The monoisotopic (exact) mass is 498 g/mol. The van der Waals surface area contributed by atoms with Gasteiger partial charge in [0.2, 0.25) is 0 Å². The molecule has 0 aliphatic carbocycles. The molecule has 1 atom stereocenters. The second-order valence-corrected chi connectivity index (χ2v) is 9.84. The van der Waals surface area contributed by atoms with Crippen LogP contribution in [0.2, 0.25) is 0 Å². The molecule has 180 valence electrons. The van der Waals surface area contributed by atoms with Crippen LogP contribution in [0.15, 0.2) is 107 Å². The molecule has 1 heterocycles. The van der Waals surface area contributed by atoms with E-state index >= 15 is 0 Å². The Morgan fingerprint density at radius 3 is 2.39 bits per heavy atom. The summed E-state index contributed by atoms with van der Waals surface area (Å²) < 4.78 is 28.1. The van der Waals surface area contributed by atoms with Gasteiger partial charge in [-0.1, -0.05) is 60.7 Å². The molecule has 7 heteroatoms. The van der Waals surface area contributed by atoms with Crippen LogP contribution in [-0.2, 0) is 23.8 Å². The summed E-state index contributed by atoms with van der Waals surface area (Å²) in [6.07, 6.45) is 0.675. The van der Waals surface area contributed by atoms with Gasteiger partial charge in [-0.15, -0.1) is 0 Å². The maximum Gasteiger partial charge on any atom is 0.259 e. The quantitative estimate of drug-likeness (QED) is 0.401. The first-order valence-corrected chi connectivity index (χ1v) is 12.7. The third-order valence-corrected chi connectivity index (χ3v) is 7.60. The molecule has 4 aromatic rings. The number of halogens is 1. The molecular formula is C29H23FN2O3S. The van der Waals surface area contributed by atoms with E-state index in [4.69, 9.17) is 0 Å². The summed E-state index contributed by atoms with van der Waals surface area (Å²) in [6, 6.07) is 27.5. The lowest BCUT2D eigenvalue weighted by Gasteiger charge is -2.24. The van der Waals surface area contributed by atoms with Gasteiger partial charge in [-0.05, 0) is 48.4 Å². The number of nitrogens with zero attached hydrogens (tertiary/aromatic N) is 1. The number of hydrogen-bond donors (Lipinski definition) is 1. The highest BCUT2D eigenvalue weighted by Gasteiger charge is 2.32. The first-order chi connectivity index (χ1) is 17.5. The molecule has 0 unspecified atom stereocenters. The van der Waals surface area contributed by atoms with Crippen LogP contribution < -0.4 is 10.2 Å². The van der Waals surface area contributed by atoms with Gasteiger partial charge >= 0.3 is 0 Å². The summed E-state index contributed by atoms with van der Waals surface area (Å²) >= 11 is 0. The third-order valence-electron chi connectivity index (χ3n) is 6.10. The van der Waals surface area contributed by atoms with Gasteiger partial charge in [0, 0.05) is 17.7 Å². The van der Waals surface area contributed by atoms with Crippen molar-refractivity contribution < 1.29 is 18.2 Å². The molecule has 0 aromatic heterocycles. The van der Waals surface area contributed by atoms with Crippen LogP contribution in [0.1, 0.15) is 31.8 Å². The summed E-state index contributed by atoms with van der Waals surface area (Å²) in [7, 11) is -1.65. The maximum absolute atomic E-state index is 14.5. The van der Waals surface area contributed by atoms with Crippen molar-refractivity contribution in [3.8, 4) is 0 Å². The third kappa shape index (κ3) is 4.70. The molecular weight excluding hydrogens is 475 g/mol. The minimum Gasteiger partial charge on any atom is -0.352 e. The lowest BCUT2D eigenvalue weighted by molar-refractivity contribution is 0.0950. The molecule has 0 saturated heterocycles. The van der Waals surface area contributed by atoms with Gasteiger partial charge in [-0.25, -0.2) is 8.60 Å². The Morgan fingerprint density at radius 2 is 1.58 bits per heavy atom. The number of carbonyl (C=O) groups excluding carboxylic acids is 2. The predicted molar refractivity (Wildman–Crippen MR) is 137 cm³/mol. The van der Waals surface area contributed by atoms with Crippen molar-refractivity contribution in [2.75, 3.05) is 11.4 Å². The fourth-order valence-corrected chi connectivity index (χ4v) is 5.57. The molecule has 2 amide bonds. The maximum atomic E-state index is 14.5. The molecule has 0 fully saturated rings. The minimum atomic E-state index is -1.65. The predicted octanol–water partition coefficient (Wildman–Crippen LogP) is 5.13.